The summed E-state index contributed by atoms with van der Waals surface area (Å²) >= 11 is 0. The summed E-state index contributed by atoms with van der Waals surface area (Å²) < 4.78 is 0. The van der Waals surface area contributed by atoms with Gasteiger partial charge in [0, 0.05) is 12.1 Å². The fourth-order valence-corrected chi connectivity index (χ4v) is 3.01. The molecule has 6 N–H and O–H groups in total. The number of rotatable bonds is 6. The number of hydrogen-bond donors (Lipinski definition) is 4. The first kappa shape index (κ1) is 21.1. The molecule has 0 heterocycles. The largest absolute Gasteiger partial charge is 0.480 e. The summed E-state index contributed by atoms with van der Waals surface area (Å²) in [5.74, 6) is -1.50. The number of hydrogen-bond acceptors (Lipinski definition) is 3. The van der Waals surface area contributed by atoms with Crippen LogP contribution in [0.4, 0.5) is 0 Å². The van der Waals surface area contributed by atoms with Gasteiger partial charge in [0.25, 0.3) is 5.91 Å². The summed E-state index contributed by atoms with van der Waals surface area (Å²) in [5.41, 5.74) is 17.1. The third-order valence-electron chi connectivity index (χ3n) is 4.48. The SMILES string of the molecule is Cc1cc(C)c(CNC(N)=NC(=O)c2ccc(CC(N)C(=O)O)cc2)c(C)c1. The fourth-order valence-electron chi connectivity index (χ4n) is 3.01. The van der Waals surface area contributed by atoms with Gasteiger partial charge in [-0.15, -0.1) is 0 Å². The minimum atomic E-state index is -1.07. The predicted octanol–water partition coefficient (Wildman–Crippen LogP) is 1.81. The van der Waals surface area contributed by atoms with Crippen molar-refractivity contribution in [1.82, 2.24) is 5.32 Å². The molecule has 0 saturated heterocycles. The van der Waals surface area contributed by atoms with Crippen LogP contribution < -0.4 is 16.8 Å². The number of carbonyl (C=O) groups excluding carboxylic acids is 1. The normalized spacial score (nSPS) is 12.5. The Bertz CT molecular complexity index is 881. The molecule has 0 aliphatic heterocycles. The number of guanidine groups is 1. The molecule has 1 amide bonds. The zero-order valence-electron chi connectivity index (χ0n) is 16.3. The first-order valence-corrected chi connectivity index (χ1v) is 8.93. The van der Waals surface area contributed by atoms with Crippen LogP contribution in [0.3, 0.4) is 0 Å². The van der Waals surface area contributed by atoms with Crippen molar-refractivity contribution in [2.24, 2.45) is 16.5 Å². The van der Waals surface area contributed by atoms with Crippen molar-refractivity contribution in [2.45, 2.75) is 39.8 Å². The maximum Gasteiger partial charge on any atom is 0.320 e. The maximum atomic E-state index is 12.3. The van der Waals surface area contributed by atoms with Gasteiger partial charge in [-0.05, 0) is 61.6 Å². The zero-order valence-corrected chi connectivity index (χ0v) is 16.3. The summed E-state index contributed by atoms with van der Waals surface area (Å²) in [5, 5.41) is 11.8. The van der Waals surface area contributed by atoms with Gasteiger partial charge in [0.15, 0.2) is 5.96 Å². The molecule has 0 fully saturated rings. The smallest absolute Gasteiger partial charge is 0.320 e. The molecular weight excluding hydrogens is 356 g/mol. The second kappa shape index (κ2) is 9.14. The van der Waals surface area contributed by atoms with Gasteiger partial charge in [-0.1, -0.05) is 29.8 Å². The van der Waals surface area contributed by atoms with Crippen molar-refractivity contribution < 1.29 is 14.7 Å². The highest BCUT2D eigenvalue weighted by atomic mass is 16.4. The number of aliphatic imine (C=N–C) groups is 1. The lowest BCUT2D eigenvalue weighted by molar-refractivity contribution is -0.138. The highest BCUT2D eigenvalue weighted by Gasteiger charge is 2.13. The molecule has 148 valence electrons. The molecular formula is C21H26N4O3. The Morgan fingerprint density at radius 2 is 1.68 bits per heavy atom. The van der Waals surface area contributed by atoms with Gasteiger partial charge in [0.2, 0.25) is 0 Å². The van der Waals surface area contributed by atoms with Crippen LogP contribution in [0.25, 0.3) is 0 Å². The van der Waals surface area contributed by atoms with E-state index in [1.807, 2.05) is 20.8 Å². The molecule has 0 aliphatic rings. The lowest BCUT2D eigenvalue weighted by atomic mass is 10.00. The number of aliphatic carboxylic acids is 1. The predicted molar refractivity (Wildman–Crippen MR) is 109 cm³/mol. The van der Waals surface area contributed by atoms with Crippen molar-refractivity contribution in [3.05, 3.63) is 69.8 Å². The molecule has 0 bridgehead atoms. The second-order valence-electron chi connectivity index (χ2n) is 6.88. The van der Waals surface area contributed by atoms with Gasteiger partial charge >= 0.3 is 5.97 Å². The van der Waals surface area contributed by atoms with Crippen molar-refractivity contribution in [1.29, 1.82) is 0 Å². The van der Waals surface area contributed by atoms with E-state index >= 15 is 0 Å². The van der Waals surface area contributed by atoms with E-state index in [0.717, 1.165) is 22.3 Å². The summed E-state index contributed by atoms with van der Waals surface area (Å²) in [6, 6.07) is 9.70. The van der Waals surface area contributed by atoms with Crippen molar-refractivity contribution in [2.75, 3.05) is 0 Å². The molecule has 0 spiro atoms. The molecule has 1 atom stereocenters. The number of carboxylic acid groups (broad SMARTS) is 1. The van der Waals surface area contributed by atoms with Crippen LogP contribution in [0.5, 0.6) is 0 Å². The lowest BCUT2D eigenvalue weighted by Crippen LogP contribution is -2.32. The van der Waals surface area contributed by atoms with E-state index in [1.54, 1.807) is 24.3 Å². The van der Waals surface area contributed by atoms with E-state index in [1.165, 1.54) is 5.56 Å². The van der Waals surface area contributed by atoms with Gasteiger partial charge in [0.05, 0.1) is 0 Å². The molecule has 2 aromatic rings. The standard InChI is InChI=1S/C21H26N4O3/c1-12-8-13(2)17(14(3)9-12)11-24-21(23)25-19(26)16-6-4-15(5-7-16)10-18(22)20(27)28/h4-9,18H,10-11,22H2,1-3H3,(H,27,28)(H3,23,24,25,26). The van der Waals surface area contributed by atoms with E-state index < -0.39 is 17.9 Å². The molecule has 0 aromatic heterocycles. The number of nitrogens with one attached hydrogen (secondary N) is 1. The number of nitrogens with zero attached hydrogens (tertiary/aromatic N) is 1. The summed E-state index contributed by atoms with van der Waals surface area (Å²) in [7, 11) is 0. The van der Waals surface area contributed by atoms with Crippen molar-refractivity contribution in [3.8, 4) is 0 Å². The van der Waals surface area contributed by atoms with Crippen LogP contribution in [-0.4, -0.2) is 29.0 Å². The van der Waals surface area contributed by atoms with Gasteiger partial charge in [-0.3, -0.25) is 9.59 Å². The molecule has 2 aromatic carbocycles. The van der Waals surface area contributed by atoms with Gasteiger partial charge < -0.3 is 21.9 Å². The second-order valence-corrected chi connectivity index (χ2v) is 6.88. The Hall–Kier alpha value is -3.19. The van der Waals surface area contributed by atoms with E-state index in [-0.39, 0.29) is 12.4 Å². The molecule has 28 heavy (non-hydrogen) atoms. The molecule has 7 nitrogen and oxygen atoms in total. The van der Waals surface area contributed by atoms with Crippen molar-refractivity contribution in [3.63, 3.8) is 0 Å². The van der Waals surface area contributed by atoms with Gasteiger partial charge in [-0.2, -0.15) is 4.99 Å². The number of benzene rings is 2. The summed E-state index contributed by atoms with van der Waals surface area (Å²) in [4.78, 5) is 26.9. The minimum Gasteiger partial charge on any atom is -0.480 e. The van der Waals surface area contributed by atoms with Crippen LogP contribution in [-0.2, 0) is 17.8 Å². The Kier molecular flexibility index (Phi) is 6.89. The Balaban J connectivity index is 2.01. The number of carboxylic acids is 1. The lowest BCUT2D eigenvalue weighted by Gasteiger charge is -2.12. The van der Waals surface area contributed by atoms with E-state index in [0.29, 0.717) is 12.1 Å². The van der Waals surface area contributed by atoms with Crippen LogP contribution in [0, 0.1) is 20.8 Å². The fraction of sp³-hybridized carbons (Fsp3) is 0.286. The molecule has 7 heteroatoms. The van der Waals surface area contributed by atoms with Crippen molar-refractivity contribution >= 4 is 17.8 Å². The summed E-state index contributed by atoms with van der Waals surface area (Å²) in [6.07, 6.45) is 0.187. The molecule has 0 saturated carbocycles. The molecule has 2 rings (SSSR count). The van der Waals surface area contributed by atoms with E-state index in [2.05, 4.69) is 22.4 Å². The number of amides is 1. The quantitative estimate of drug-likeness (QED) is 0.445. The van der Waals surface area contributed by atoms with Crippen LogP contribution >= 0.6 is 0 Å². The topological polar surface area (TPSA) is 131 Å². The third kappa shape index (κ3) is 5.65. The minimum absolute atomic E-state index is 0.0429. The van der Waals surface area contributed by atoms with Crippen LogP contribution in [0.2, 0.25) is 0 Å². The van der Waals surface area contributed by atoms with Gasteiger partial charge in [-0.25, -0.2) is 0 Å². The average molecular weight is 382 g/mol. The number of nitrogens with two attached hydrogens (primary N) is 2. The number of carbonyl (C=O) groups is 2. The highest BCUT2D eigenvalue weighted by molar-refractivity contribution is 6.02. The first-order chi connectivity index (χ1) is 13.2. The maximum absolute atomic E-state index is 12.3. The van der Waals surface area contributed by atoms with Crippen LogP contribution in [0.1, 0.15) is 38.2 Å². The average Bonchev–Trinajstić information content (AvgIpc) is 2.61. The zero-order chi connectivity index (χ0) is 20.8. The Morgan fingerprint density at radius 1 is 1.11 bits per heavy atom. The van der Waals surface area contributed by atoms with E-state index in [4.69, 9.17) is 16.6 Å². The molecule has 0 aliphatic carbocycles. The molecule has 0 radical (unpaired) electrons. The van der Waals surface area contributed by atoms with E-state index in [9.17, 15) is 9.59 Å². The monoisotopic (exact) mass is 382 g/mol. The van der Waals surface area contributed by atoms with Crippen LogP contribution in [0.15, 0.2) is 41.4 Å². The molecule has 1 unspecified atom stereocenters. The number of aryl methyl sites for hydroxylation is 3. The summed E-state index contributed by atoms with van der Waals surface area (Å²) in [6.45, 7) is 6.60. The third-order valence-corrected chi connectivity index (χ3v) is 4.48. The Morgan fingerprint density at radius 3 is 2.21 bits per heavy atom. The highest BCUT2D eigenvalue weighted by Crippen LogP contribution is 2.16. The Labute approximate surface area is 164 Å². The van der Waals surface area contributed by atoms with Gasteiger partial charge in [0.1, 0.15) is 6.04 Å². The first-order valence-electron chi connectivity index (χ1n) is 8.93.